The number of amidine groups is 1. The summed E-state index contributed by atoms with van der Waals surface area (Å²) in [5.74, 6) is 0.703. The summed E-state index contributed by atoms with van der Waals surface area (Å²) in [5, 5.41) is 16.6. The van der Waals surface area contributed by atoms with Gasteiger partial charge in [-0.15, -0.1) is 0 Å². The standard InChI is InChI=1S/C12H19N5O/c13-11(14)10-7-15-8-16-12(10)17(5-2-6-18)9-3-1-4-9/h7-9,18H,1-6H2,(H3,13,14). The van der Waals surface area contributed by atoms with Gasteiger partial charge in [0.2, 0.25) is 0 Å². The molecule has 18 heavy (non-hydrogen) atoms. The van der Waals surface area contributed by atoms with E-state index in [2.05, 4.69) is 14.9 Å². The quantitative estimate of drug-likeness (QED) is 0.503. The summed E-state index contributed by atoms with van der Waals surface area (Å²) in [5.41, 5.74) is 6.14. The maximum atomic E-state index is 8.99. The molecule has 1 saturated carbocycles. The maximum Gasteiger partial charge on any atom is 0.143 e. The van der Waals surface area contributed by atoms with E-state index in [1.165, 1.54) is 12.7 Å². The average Bonchev–Trinajstić information content (AvgIpc) is 2.32. The molecule has 0 radical (unpaired) electrons. The van der Waals surface area contributed by atoms with Gasteiger partial charge in [0.05, 0.1) is 5.56 Å². The van der Waals surface area contributed by atoms with Gasteiger partial charge in [0.1, 0.15) is 18.0 Å². The fourth-order valence-corrected chi connectivity index (χ4v) is 2.14. The number of nitrogen functional groups attached to an aromatic ring is 1. The van der Waals surface area contributed by atoms with E-state index in [-0.39, 0.29) is 12.4 Å². The predicted molar refractivity (Wildman–Crippen MR) is 69.7 cm³/mol. The molecule has 0 spiro atoms. The summed E-state index contributed by atoms with van der Waals surface area (Å²) in [6, 6.07) is 0.449. The monoisotopic (exact) mass is 249 g/mol. The van der Waals surface area contributed by atoms with E-state index in [4.69, 9.17) is 16.2 Å². The van der Waals surface area contributed by atoms with Crippen LogP contribution in [0, 0.1) is 5.41 Å². The second-order valence-corrected chi connectivity index (χ2v) is 4.53. The van der Waals surface area contributed by atoms with Gasteiger partial charge in [-0.1, -0.05) is 0 Å². The lowest BCUT2D eigenvalue weighted by Gasteiger charge is -2.39. The molecule has 0 aliphatic heterocycles. The molecule has 2 rings (SSSR count). The minimum atomic E-state index is -0.0149. The van der Waals surface area contributed by atoms with Gasteiger partial charge in [0.15, 0.2) is 0 Å². The van der Waals surface area contributed by atoms with Gasteiger partial charge in [-0.3, -0.25) is 5.41 Å². The van der Waals surface area contributed by atoms with Crippen LogP contribution in [0.3, 0.4) is 0 Å². The SMILES string of the molecule is N=C(N)c1cncnc1N(CCCO)C1CCC1. The van der Waals surface area contributed by atoms with Crippen molar-refractivity contribution in [3.63, 3.8) is 0 Å². The summed E-state index contributed by atoms with van der Waals surface area (Å²) >= 11 is 0. The molecule has 0 atom stereocenters. The largest absolute Gasteiger partial charge is 0.396 e. The second kappa shape index (κ2) is 5.77. The van der Waals surface area contributed by atoms with Crippen LogP contribution in [0.15, 0.2) is 12.5 Å². The third-order valence-corrected chi connectivity index (χ3v) is 3.33. The van der Waals surface area contributed by atoms with E-state index < -0.39 is 0 Å². The minimum absolute atomic E-state index is 0.0149. The highest BCUT2D eigenvalue weighted by Gasteiger charge is 2.27. The Morgan fingerprint density at radius 2 is 2.33 bits per heavy atom. The van der Waals surface area contributed by atoms with Crippen LogP contribution in [-0.4, -0.2) is 40.1 Å². The molecule has 0 unspecified atom stereocenters. The fraction of sp³-hybridized carbons (Fsp3) is 0.583. The van der Waals surface area contributed by atoms with Crippen molar-refractivity contribution in [3.05, 3.63) is 18.1 Å². The van der Waals surface area contributed by atoms with Crippen molar-refractivity contribution >= 4 is 11.7 Å². The van der Waals surface area contributed by atoms with E-state index in [0.29, 0.717) is 18.0 Å². The van der Waals surface area contributed by atoms with Gasteiger partial charge in [-0.05, 0) is 25.7 Å². The minimum Gasteiger partial charge on any atom is -0.396 e. The maximum absolute atomic E-state index is 8.99. The number of nitrogens with two attached hydrogens (primary N) is 1. The average molecular weight is 249 g/mol. The molecule has 0 saturated heterocycles. The highest BCUT2D eigenvalue weighted by atomic mass is 16.3. The number of aromatic nitrogens is 2. The molecule has 1 aliphatic carbocycles. The number of aliphatic hydroxyl groups is 1. The van der Waals surface area contributed by atoms with Crippen LogP contribution in [0.4, 0.5) is 5.82 Å². The van der Waals surface area contributed by atoms with Gasteiger partial charge in [0.25, 0.3) is 0 Å². The van der Waals surface area contributed by atoms with Crippen LogP contribution in [0.25, 0.3) is 0 Å². The predicted octanol–water partition coefficient (Wildman–Crippen LogP) is 0.502. The number of hydrogen-bond acceptors (Lipinski definition) is 5. The number of aliphatic hydroxyl groups excluding tert-OH is 1. The molecular formula is C12H19N5O. The number of hydrogen-bond donors (Lipinski definition) is 3. The van der Waals surface area contributed by atoms with Crippen molar-refractivity contribution in [1.29, 1.82) is 5.41 Å². The van der Waals surface area contributed by atoms with E-state index >= 15 is 0 Å². The summed E-state index contributed by atoms with van der Waals surface area (Å²) in [4.78, 5) is 10.3. The fourth-order valence-electron chi connectivity index (χ4n) is 2.14. The van der Waals surface area contributed by atoms with Crippen LogP contribution in [0.2, 0.25) is 0 Å². The van der Waals surface area contributed by atoms with Crippen LogP contribution in [0.1, 0.15) is 31.2 Å². The first-order chi connectivity index (χ1) is 8.74. The summed E-state index contributed by atoms with van der Waals surface area (Å²) in [6.07, 6.45) is 7.24. The Kier molecular flexibility index (Phi) is 4.09. The van der Waals surface area contributed by atoms with Crippen molar-refractivity contribution in [2.45, 2.75) is 31.7 Å². The second-order valence-electron chi connectivity index (χ2n) is 4.53. The van der Waals surface area contributed by atoms with Crippen LogP contribution >= 0.6 is 0 Å². The summed E-state index contributed by atoms with van der Waals surface area (Å²) in [6.45, 7) is 0.891. The lowest BCUT2D eigenvalue weighted by Crippen LogP contribution is -2.42. The molecule has 0 bridgehead atoms. The van der Waals surface area contributed by atoms with E-state index in [0.717, 1.165) is 25.2 Å². The Balaban J connectivity index is 2.25. The van der Waals surface area contributed by atoms with Crippen molar-refractivity contribution in [3.8, 4) is 0 Å². The zero-order valence-electron chi connectivity index (χ0n) is 10.3. The highest BCUT2D eigenvalue weighted by Crippen LogP contribution is 2.30. The molecule has 6 nitrogen and oxygen atoms in total. The topological polar surface area (TPSA) is 99.1 Å². The van der Waals surface area contributed by atoms with Gasteiger partial charge < -0.3 is 15.7 Å². The molecule has 98 valence electrons. The third kappa shape index (κ3) is 2.59. The van der Waals surface area contributed by atoms with E-state index in [1.807, 2.05) is 0 Å². The molecule has 1 aromatic rings. The van der Waals surface area contributed by atoms with Crippen molar-refractivity contribution < 1.29 is 5.11 Å². The Labute approximate surface area is 106 Å². The Bertz CT molecular complexity index is 419. The lowest BCUT2D eigenvalue weighted by molar-refractivity contribution is 0.282. The van der Waals surface area contributed by atoms with Gasteiger partial charge >= 0.3 is 0 Å². The zero-order valence-corrected chi connectivity index (χ0v) is 10.3. The van der Waals surface area contributed by atoms with Crippen LogP contribution in [0.5, 0.6) is 0 Å². The first kappa shape index (κ1) is 12.8. The highest BCUT2D eigenvalue weighted by molar-refractivity contribution is 5.99. The van der Waals surface area contributed by atoms with Crippen LogP contribution < -0.4 is 10.6 Å². The first-order valence-corrected chi connectivity index (χ1v) is 6.26. The van der Waals surface area contributed by atoms with Crippen molar-refractivity contribution in [2.24, 2.45) is 5.73 Å². The number of nitrogens with one attached hydrogen (secondary N) is 1. The first-order valence-electron chi connectivity index (χ1n) is 6.26. The number of anilines is 1. The van der Waals surface area contributed by atoms with Crippen LogP contribution in [-0.2, 0) is 0 Å². The lowest BCUT2D eigenvalue weighted by atomic mass is 9.91. The van der Waals surface area contributed by atoms with Crippen molar-refractivity contribution in [2.75, 3.05) is 18.1 Å². The zero-order chi connectivity index (χ0) is 13.0. The molecule has 0 amide bonds. The Morgan fingerprint density at radius 1 is 1.56 bits per heavy atom. The van der Waals surface area contributed by atoms with Crippen molar-refractivity contribution in [1.82, 2.24) is 9.97 Å². The van der Waals surface area contributed by atoms with Gasteiger partial charge in [0, 0.05) is 25.4 Å². The molecule has 4 N–H and O–H groups in total. The van der Waals surface area contributed by atoms with E-state index in [9.17, 15) is 0 Å². The number of nitrogens with zero attached hydrogens (tertiary/aromatic N) is 3. The normalized spacial score (nSPS) is 15.2. The summed E-state index contributed by atoms with van der Waals surface area (Å²) in [7, 11) is 0. The molecule has 6 heteroatoms. The van der Waals surface area contributed by atoms with Gasteiger partial charge in [-0.25, -0.2) is 9.97 Å². The molecular weight excluding hydrogens is 230 g/mol. The molecule has 1 aromatic heterocycles. The molecule has 1 heterocycles. The number of rotatable bonds is 6. The Hall–Kier alpha value is -1.69. The Morgan fingerprint density at radius 3 is 2.89 bits per heavy atom. The molecule has 0 aromatic carbocycles. The van der Waals surface area contributed by atoms with Gasteiger partial charge in [-0.2, -0.15) is 0 Å². The molecule has 1 aliphatic rings. The molecule has 1 fully saturated rings. The summed E-state index contributed by atoms with van der Waals surface area (Å²) < 4.78 is 0. The van der Waals surface area contributed by atoms with E-state index in [1.54, 1.807) is 6.20 Å². The third-order valence-electron chi connectivity index (χ3n) is 3.33. The smallest absolute Gasteiger partial charge is 0.143 e.